The van der Waals surface area contributed by atoms with Gasteiger partial charge in [0.15, 0.2) is 11.6 Å². The zero-order valence-corrected chi connectivity index (χ0v) is 12.5. The molecule has 116 valence electrons. The molecular formula is C15H20F2N2O2. The van der Waals surface area contributed by atoms with E-state index in [9.17, 15) is 13.6 Å². The molecule has 1 unspecified atom stereocenters. The molecule has 1 aliphatic heterocycles. The van der Waals surface area contributed by atoms with Crippen molar-refractivity contribution in [2.75, 3.05) is 20.2 Å². The first-order valence-corrected chi connectivity index (χ1v) is 6.85. The van der Waals surface area contributed by atoms with Gasteiger partial charge in [-0.05, 0) is 24.0 Å². The molecule has 0 saturated carbocycles. The van der Waals surface area contributed by atoms with E-state index in [2.05, 4.69) is 0 Å². The maximum Gasteiger partial charge on any atom is 0.260 e. The lowest BCUT2D eigenvalue weighted by atomic mass is 9.79. The summed E-state index contributed by atoms with van der Waals surface area (Å²) in [6.07, 6.45) is 0.623. The largest absolute Gasteiger partial charge is 0.493 e. The lowest BCUT2D eigenvalue weighted by Gasteiger charge is -2.42. The first-order valence-electron chi connectivity index (χ1n) is 6.85. The molecule has 1 aromatic carbocycles. The van der Waals surface area contributed by atoms with E-state index in [1.54, 1.807) is 0 Å². The number of piperidine rings is 1. The molecule has 2 rings (SSSR count). The monoisotopic (exact) mass is 298 g/mol. The minimum absolute atomic E-state index is 0.0270. The molecule has 6 heteroatoms. The molecule has 1 saturated heterocycles. The molecule has 0 aliphatic carbocycles. The van der Waals surface area contributed by atoms with Crippen LogP contribution in [0.4, 0.5) is 8.78 Å². The predicted molar refractivity (Wildman–Crippen MR) is 75.2 cm³/mol. The summed E-state index contributed by atoms with van der Waals surface area (Å²) in [5.74, 6) is -2.46. The second-order valence-electron chi connectivity index (χ2n) is 6.05. The summed E-state index contributed by atoms with van der Waals surface area (Å²) >= 11 is 0. The number of carbonyl (C=O) groups excluding carboxylic acids is 1. The van der Waals surface area contributed by atoms with Gasteiger partial charge < -0.3 is 15.4 Å². The predicted octanol–water partition coefficient (Wildman–Crippen LogP) is 2.17. The molecular weight excluding hydrogens is 278 g/mol. The van der Waals surface area contributed by atoms with Gasteiger partial charge in [0.2, 0.25) is 0 Å². The average Bonchev–Trinajstić information content (AvgIpc) is 2.43. The van der Waals surface area contributed by atoms with Crippen LogP contribution in [0.5, 0.6) is 5.75 Å². The van der Waals surface area contributed by atoms with Crippen molar-refractivity contribution in [3.8, 4) is 5.75 Å². The van der Waals surface area contributed by atoms with Gasteiger partial charge >= 0.3 is 0 Å². The van der Waals surface area contributed by atoms with E-state index >= 15 is 0 Å². The molecule has 1 amide bonds. The van der Waals surface area contributed by atoms with Crippen LogP contribution >= 0.6 is 0 Å². The second kappa shape index (κ2) is 5.60. The van der Waals surface area contributed by atoms with Crippen LogP contribution in [0, 0.1) is 17.0 Å². The van der Waals surface area contributed by atoms with Crippen LogP contribution in [0.15, 0.2) is 12.1 Å². The van der Waals surface area contributed by atoms with Gasteiger partial charge in [-0.1, -0.05) is 13.8 Å². The molecule has 21 heavy (non-hydrogen) atoms. The Hall–Kier alpha value is -1.69. The second-order valence-corrected chi connectivity index (χ2v) is 6.05. The summed E-state index contributed by atoms with van der Waals surface area (Å²) in [6, 6.07) is 1.85. The van der Waals surface area contributed by atoms with E-state index in [-0.39, 0.29) is 22.8 Å². The van der Waals surface area contributed by atoms with Crippen molar-refractivity contribution in [2.24, 2.45) is 11.1 Å². The first kappa shape index (κ1) is 15.7. The fraction of sp³-hybridized carbons (Fsp3) is 0.533. The molecule has 0 bridgehead atoms. The molecule has 2 N–H and O–H groups in total. The van der Waals surface area contributed by atoms with Gasteiger partial charge in [-0.15, -0.1) is 0 Å². The third kappa shape index (κ3) is 2.85. The number of carbonyl (C=O) groups is 1. The van der Waals surface area contributed by atoms with Crippen LogP contribution in [0.1, 0.15) is 30.6 Å². The van der Waals surface area contributed by atoms with Crippen LogP contribution in [0.2, 0.25) is 0 Å². The Kier molecular flexibility index (Phi) is 4.18. The van der Waals surface area contributed by atoms with Gasteiger partial charge in [-0.25, -0.2) is 8.78 Å². The minimum atomic E-state index is -0.786. The quantitative estimate of drug-likeness (QED) is 0.910. The zero-order valence-electron chi connectivity index (χ0n) is 12.5. The molecule has 0 radical (unpaired) electrons. The van der Waals surface area contributed by atoms with Crippen molar-refractivity contribution in [2.45, 2.75) is 26.3 Å². The third-order valence-electron chi connectivity index (χ3n) is 4.08. The summed E-state index contributed by atoms with van der Waals surface area (Å²) in [5, 5.41) is 0. The highest BCUT2D eigenvalue weighted by atomic mass is 19.1. The topological polar surface area (TPSA) is 55.6 Å². The number of methoxy groups -OCH3 is 1. The highest BCUT2D eigenvalue weighted by Crippen LogP contribution is 2.31. The maximum atomic E-state index is 14.0. The molecule has 1 aromatic rings. The third-order valence-corrected chi connectivity index (χ3v) is 4.08. The molecule has 0 spiro atoms. The Morgan fingerprint density at radius 1 is 1.38 bits per heavy atom. The fourth-order valence-corrected chi connectivity index (χ4v) is 2.64. The van der Waals surface area contributed by atoms with E-state index in [4.69, 9.17) is 10.5 Å². The highest BCUT2D eigenvalue weighted by Gasteiger charge is 2.37. The number of ether oxygens (including phenoxy) is 1. The van der Waals surface area contributed by atoms with Crippen LogP contribution in [0.3, 0.4) is 0 Å². The van der Waals surface area contributed by atoms with Crippen LogP contribution in [0.25, 0.3) is 0 Å². The number of nitrogens with zero attached hydrogens (tertiary/aromatic N) is 1. The first-order chi connectivity index (χ1) is 9.77. The van der Waals surface area contributed by atoms with E-state index in [1.807, 2.05) is 13.8 Å². The smallest absolute Gasteiger partial charge is 0.260 e. The van der Waals surface area contributed by atoms with Crippen molar-refractivity contribution >= 4 is 5.91 Å². The normalized spacial score (nSPS) is 21.2. The maximum absolute atomic E-state index is 14.0. The Morgan fingerprint density at radius 2 is 2.00 bits per heavy atom. The summed E-state index contributed by atoms with van der Waals surface area (Å²) in [6.45, 7) is 4.72. The summed E-state index contributed by atoms with van der Waals surface area (Å²) in [5.41, 5.74) is 5.40. The van der Waals surface area contributed by atoms with E-state index < -0.39 is 17.5 Å². The van der Waals surface area contributed by atoms with Crippen molar-refractivity contribution in [3.05, 3.63) is 29.3 Å². The number of hydrogen-bond acceptors (Lipinski definition) is 3. The Bertz CT molecular complexity index is 561. The van der Waals surface area contributed by atoms with Crippen molar-refractivity contribution < 1.29 is 18.3 Å². The number of benzene rings is 1. The molecule has 1 heterocycles. The number of hydrogen-bond donors (Lipinski definition) is 1. The Morgan fingerprint density at radius 3 is 2.57 bits per heavy atom. The van der Waals surface area contributed by atoms with Crippen molar-refractivity contribution in [3.63, 3.8) is 0 Å². The summed E-state index contributed by atoms with van der Waals surface area (Å²) in [7, 11) is 1.21. The van der Waals surface area contributed by atoms with Crippen molar-refractivity contribution in [1.82, 2.24) is 4.90 Å². The fourth-order valence-electron chi connectivity index (χ4n) is 2.64. The standard InChI is InChI=1S/C15H20F2N2O2/c1-15(2)8-19(7-6-11(15)18)14(20)12-9(16)4-5-10(17)13(12)21-3/h4-5,11H,6-8,18H2,1-3H3. The number of nitrogens with two attached hydrogens (primary N) is 1. The summed E-state index contributed by atoms with van der Waals surface area (Å²) in [4.78, 5) is 14.0. The SMILES string of the molecule is COc1c(F)ccc(F)c1C(=O)N1CCC(N)C(C)(C)C1. The van der Waals surface area contributed by atoms with Gasteiger partial charge in [0.05, 0.1) is 7.11 Å². The highest BCUT2D eigenvalue weighted by molar-refractivity contribution is 5.97. The van der Waals surface area contributed by atoms with Crippen LogP contribution < -0.4 is 10.5 Å². The number of likely N-dealkylation sites (tertiary alicyclic amines) is 1. The van der Waals surface area contributed by atoms with Crippen LogP contribution in [-0.2, 0) is 0 Å². The van der Waals surface area contributed by atoms with Gasteiger partial charge in [-0.3, -0.25) is 4.79 Å². The zero-order chi connectivity index (χ0) is 15.8. The van der Waals surface area contributed by atoms with Crippen LogP contribution in [-0.4, -0.2) is 37.0 Å². The molecule has 1 fully saturated rings. The number of halogens is 2. The Labute approximate surface area is 122 Å². The molecule has 1 aliphatic rings. The summed E-state index contributed by atoms with van der Waals surface area (Å²) < 4.78 is 32.5. The average molecular weight is 298 g/mol. The molecule has 1 atom stereocenters. The van der Waals surface area contributed by atoms with Crippen molar-refractivity contribution in [1.29, 1.82) is 0 Å². The minimum Gasteiger partial charge on any atom is -0.493 e. The number of rotatable bonds is 2. The van der Waals surface area contributed by atoms with Gasteiger partial charge in [0, 0.05) is 19.1 Å². The lowest BCUT2D eigenvalue weighted by molar-refractivity contribution is 0.0524. The molecule has 4 nitrogen and oxygen atoms in total. The van der Waals surface area contributed by atoms with E-state index in [0.29, 0.717) is 19.5 Å². The van der Waals surface area contributed by atoms with Gasteiger partial charge in [-0.2, -0.15) is 0 Å². The number of amides is 1. The van der Waals surface area contributed by atoms with Gasteiger partial charge in [0.25, 0.3) is 5.91 Å². The van der Waals surface area contributed by atoms with Gasteiger partial charge in [0.1, 0.15) is 11.4 Å². The van der Waals surface area contributed by atoms with E-state index in [0.717, 1.165) is 12.1 Å². The molecule has 0 aromatic heterocycles. The Balaban J connectivity index is 2.35. The van der Waals surface area contributed by atoms with E-state index in [1.165, 1.54) is 12.0 Å². The lowest BCUT2D eigenvalue weighted by Crippen LogP contribution is -2.54.